The average Bonchev–Trinajstić information content (AvgIpc) is 3.31. The summed E-state index contributed by atoms with van der Waals surface area (Å²) in [7, 11) is 0. The van der Waals surface area contributed by atoms with Gasteiger partial charge in [0.15, 0.2) is 0 Å². The monoisotopic (exact) mass is 480 g/mol. The topological polar surface area (TPSA) is 110 Å². The number of nitrogens with one attached hydrogen (secondary N) is 2. The van der Waals surface area contributed by atoms with Crippen LogP contribution >= 0.6 is 45.9 Å². The molecule has 2 aromatic heterocycles. The van der Waals surface area contributed by atoms with E-state index < -0.39 is 0 Å². The number of anilines is 2. The van der Waals surface area contributed by atoms with Crippen LogP contribution in [-0.2, 0) is 16.0 Å². The molecule has 2 rings (SSSR count). The molecule has 0 spiro atoms. The third kappa shape index (κ3) is 9.79. The molecule has 2 aromatic rings. The first-order valence-electron chi connectivity index (χ1n) is 9.16. The fourth-order valence-electron chi connectivity index (χ4n) is 1.84. The van der Waals surface area contributed by atoms with E-state index in [-0.39, 0.29) is 23.7 Å². The van der Waals surface area contributed by atoms with Crippen LogP contribution in [0.1, 0.15) is 43.6 Å². The SMILES string of the molecule is CCc1nnc(NC(=O)C(C)CCCl)s1.Cc1nnc(NC(=O)C(C)CCCl)s1. The van der Waals surface area contributed by atoms with Gasteiger partial charge >= 0.3 is 0 Å². The van der Waals surface area contributed by atoms with Gasteiger partial charge in [-0.2, -0.15) is 0 Å². The molecule has 2 unspecified atom stereocenters. The number of aromatic nitrogens is 4. The predicted octanol–water partition coefficient (Wildman–Crippen LogP) is 4.35. The number of alkyl halides is 2. The van der Waals surface area contributed by atoms with Crippen LogP contribution in [0.2, 0.25) is 0 Å². The second-order valence-corrected chi connectivity index (χ2v) is 9.22. The van der Waals surface area contributed by atoms with E-state index in [0.717, 1.165) is 16.4 Å². The molecule has 0 aliphatic rings. The van der Waals surface area contributed by atoms with Gasteiger partial charge in [-0.15, -0.1) is 43.6 Å². The van der Waals surface area contributed by atoms with Crippen molar-refractivity contribution in [2.24, 2.45) is 11.8 Å². The van der Waals surface area contributed by atoms with Crippen LogP contribution in [-0.4, -0.2) is 44.0 Å². The molecule has 12 heteroatoms. The number of nitrogens with zero attached hydrogens (tertiary/aromatic N) is 4. The molecule has 2 amide bonds. The molecule has 8 nitrogen and oxygen atoms in total. The Bertz CT molecular complexity index is 771. The van der Waals surface area contributed by atoms with Gasteiger partial charge < -0.3 is 10.6 Å². The maximum absolute atomic E-state index is 11.6. The van der Waals surface area contributed by atoms with Gasteiger partial charge in [-0.1, -0.05) is 43.4 Å². The fraction of sp³-hybridized carbons (Fsp3) is 0.647. The van der Waals surface area contributed by atoms with Crippen molar-refractivity contribution < 1.29 is 9.59 Å². The maximum atomic E-state index is 11.6. The lowest BCUT2D eigenvalue weighted by Gasteiger charge is -2.07. The highest BCUT2D eigenvalue weighted by molar-refractivity contribution is 7.15. The Hall–Kier alpha value is -1.36. The second kappa shape index (κ2) is 13.8. The first-order valence-corrected chi connectivity index (χ1v) is 11.9. The number of hydrogen-bond donors (Lipinski definition) is 2. The normalized spacial score (nSPS) is 12.5. The van der Waals surface area contributed by atoms with Crippen LogP contribution in [0, 0.1) is 18.8 Å². The molecule has 2 N–H and O–H groups in total. The zero-order valence-corrected chi connectivity index (χ0v) is 20.0. The van der Waals surface area contributed by atoms with Gasteiger partial charge in [0.2, 0.25) is 22.1 Å². The summed E-state index contributed by atoms with van der Waals surface area (Å²) in [6.45, 7) is 7.53. The van der Waals surface area contributed by atoms with E-state index in [9.17, 15) is 9.59 Å². The molecule has 0 aliphatic heterocycles. The molecular formula is C17H26Cl2N6O2S2. The van der Waals surface area contributed by atoms with Crippen molar-refractivity contribution in [2.45, 2.75) is 47.0 Å². The van der Waals surface area contributed by atoms with Gasteiger partial charge in [0.05, 0.1) is 0 Å². The number of aryl methyl sites for hydroxylation is 2. The molecule has 162 valence electrons. The van der Waals surface area contributed by atoms with E-state index in [1.54, 1.807) is 0 Å². The first-order chi connectivity index (χ1) is 13.8. The van der Waals surface area contributed by atoms with Crippen molar-refractivity contribution in [3.05, 3.63) is 10.0 Å². The molecule has 0 fully saturated rings. The number of halogens is 2. The van der Waals surface area contributed by atoms with Crippen LogP contribution in [0.3, 0.4) is 0 Å². The van der Waals surface area contributed by atoms with Crippen LogP contribution in [0.25, 0.3) is 0 Å². The zero-order chi connectivity index (χ0) is 21.8. The van der Waals surface area contributed by atoms with Crippen LogP contribution in [0.5, 0.6) is 0 Å². The lowest BCUT2D eigenvalue weighted by Crippen LogP contribution is -2.20. The van der Waals surface area contributed by atoms with E-state index in [2.05, 4.69) is 31.0 Å². The van der Waals surface area contributed by atoms with Gasteiger partial charge in [-0.05, 0) is 26.2 Å². The van der Waals surface area contributed by atoms with E-state index in [1.807, 2.05) is 27.7 Å². The fourth-order valence-corrected chi connectivity index (χ4v) is 3.77. The van der Waals surface area contributed by atoms with Crippen LogP contribution in [0.4, 0.5) is 10.3 Å². The standard InChI is InChI=1S/C9H14ClN3OS.C8H12ClN3OS/c1-3-7-12-13-9(15-7)11-8(14)6(2)4-5-10;1-5(3-4-9)7(13)10-8-12-11-6(2)14-8/h6H,3-5H2,1-2H3,(H,11,13,14);5H,3-4H2,1-2H3,(H,10,12,13). The molecule has 0 bridgehead atoms. The van der Waals surface area contributed by atoms with Gasteiger partial charge in [-0.25, -0.2) is 0 Å². The molecule has 0 aromatic carbocycles. The Balaban J connectivity index is 0.000000291. The molecule has 0 radical (unpaired) electrons. The third-order valence-corrected chi connectivity index (χ3v) is 5.91. The Morgan fingerprint density at radius 2 is 1.38 bits per heavy atom. The zero-order valence-electron chi connectivity index (χ0n) is 16.9. The summed E-state index contributed by atoms with van der Waals surface area (Å²) in [5, 5.41) is 23.7. The highest BCUT2D eigenvalue weighted by Crippen LogP contribution is 2.17. The van der Waals surface area contributed by atoms with Crippen molar-refractivity contribution in [3.63, 3.8) is 0 Å². The second-order valence-electron chi connectivity index (χ2n) is 6.22. The Labute approximate surface area is 188 Å². The quantitative estimate of drug-likeness (QED) is 0.515. The molecule has 0 aliphatic carbocycles. The number of hydrogen-bond acceptors (Lipinski definition) is 8. The average molecular weight is 481 g/mol. The Morgan fingerprint density at radius 3 is 1.76 bits per heavy atom. The highest BCUT2D eigenvalue weighted by Gasteiger charge is 2.15. The summed E-state index contributed by atoms with van der Waals surface area (Å²) in [6, 6.07) is 0. The molecule has 2 heterocycles. The third-order valence-electron chi connectivity index (χ3n) is 3.74. The molecule has 0 saturated heterocycles. The smallest absolute Gasteiger partial charge is 0.229 e. The van der Waals surface area contributed by atoms with E-state index in [1.165, 1.54) is 22.7 Å². The Kier molecular flexibility index (Phi) is 12.2. The van der Waals surface area contributed by atoms with Gasteiger partial charge in [0.25, 0.3) is 0 Å². The summed E-state index contributed by atoms with van der Waals surface area (Å²) in [6.07, 6.45) is 2.18. The van der Waals surface area contributed by atoms with Crippen molar-refractivity contribution in [3.8, 4) is 0 Å². The van der Waals surface area contributed by atoms with Gasteiger partial charge in [0, 0.05) is 23.6 Å². The lowest BCUT2D eigenvalue weighted by atomic mass is 10.1. The summed E-state index contributed by atoms with van der Waals surface area (Å²) < 4.78 is 0. The summed E-state index contributed by atoms with van der Waals surface area (Å²) in [5.74, 6) is 0.707. The predicted molar refractivity (Wildman–Crippen MR) is 120 cm³/mol. The van der Waals surface area contributed by atoms with Crippen molar-refractivity contribution in [1.29, 1.82) is 0 Å². The number of carbonyl (C=O) groups excluding carboxylic acids is 2. The molecular weight excluding hydrogens is 455 g/mol. The van der Waals surface area contributed by atoms with Crippen molar-refractivity contribution in [1.82, 2.24) is 20.4 Å². The van der Waals surface area contributed by atoms with Crippen LogP contribution < -0.4 is 10.6 Å². The Morgan fingerprint density at radius 1 is 0.897 bits per heavy atom. The maximum Gasteiger partial charge on any atom is 0.229 e. The number of amides is 2. The summed E-state index contributed by atoms with van der Waals surface area (Å²) in [5.41, 5.74) is 0. The molecule has 2 atom stereocenters. The largest absolute Gasteiger partial charge is 0.300 e. The summed E-state index contributed by atoms with van der Waals surface area (Å²) >= 11 is 13.9. The van der Waals surface area contributed by atoms with E-state index >= 15 is 0 Å². The number of rotatable bonds is 9. The van der Waals surface area contributed by atoms with Gasteiger partial charge in [-0.3, -0.25) is 9.59 Å². The van der Waals surface area contributed by atoms with Crippen molar-refractivity contribution >= 4 is 68.0 Å². The van der Waals surface area contributed by atoms with Crippen LogP contribution in [0.15, 0.2) is 0 Å². The molecule has 29 heavy (non-hydrogen) atoms. The minimum Gasteiger partial charge on any atom is -0.300 e. The van der Waals surface area contributed by atoms with Crippen molar-refractivity contribution in [2.75, 3.05) is 22.4 Å². The highest BCUT2D eigenvalue weighted by atomic mass is 35.5. The number of carbonyl (C=O) groups is 2. The molecule has 0 saturated carbocycles. The van der Waals surface area contributed by atoms with E-state index in [4.69, 9.17) is 23.2 Å². The van der Waals surface area contributed by atoms with Gasteiger partial charge in [0.1, 0.15) is 10.0 Å². The summed E-state index contributed by atoms with van der Waals surface area (Å²) in [4.78, 5) is 23.0. The minimum atomic E-state index is -0.0866. The lowest BCUT2D eigenvalue weighted by molar-refractivity contribution is -0.120. The minimum absolute atomic E-state index is 0.0468. The first kappa shape index (κ1) is 25.7. The van der Waals surface area contributed by atoms with E-state index in [0.29, 0.717) is 34.9 Å².